The topological polar surface area (TPSA) is 52.1 Å². The molecule has 2 aromatic heterocycles. The highest BCUT2D eigenvalue weighted by Crippen LogP contribution is 2.32. The zero-order valence-electron chi connectivity index (χ0n) is 12.3. The molecule has 1 fully saturated rings. The summed E-state index contributed by atoms with van der Waals surface area (Å²) in [5, 5.41) is 11.2. The molecule has 4 heteroatoms. The van der Waals surface area contributed by atoms with Crippen LogP contribution in [0, 0.1) is 0 Å². The van der Waals surface area contributed by atoms with E-state index in [1.54, 1.807) is 0 Å². The van der Waals surface area contributed by atoms with Gasteiger partial charge in [0.2, 0.25) is 0 Å². The zero-order chi connectivity index (χ0) is 14.2. The highest BCUT2D eigenvalue weighted by Gasteiger charge is 2.26. The fourth-order valence-electron chi connectivity index (χ4n) is 3.26. The lowest BCUT2D eigenvalue weighted by Crippen LogP contribution is -2.42. The Bertz CT molecular complexity index is 577. The quantitative estimate of drug-likeness (QED) is 0.903. The molecular weight excluding hydrogens is 250 g/mol. The van der Waals surface area contributed by atoms with Crippen LogP contribution in [-0.2, 0) is 0 Å². The summed E-state index contributed by atoms with van der Waals surface area (Å²) in [6.07, 6.45) is 6.25. The third-order valence-electron chi connectivity index (χ3n) is 4.12. The second-order valence-corrected chi connectivity index (χ2v) is 6.51. The lowest BCUT2D eigenvalue weighted by molar-refractivity contribution is 0.0282. The molecule has 0 aliphatic carbocycles. The van der Waals surface area contributed by atoms with E-state index in [1.165, 1.54) is 10.9 Å². The van der Waals surface area contributed by atoms with Crippen LogP contribution in [-0.4, -0.2) is 45.2 Å². The van der Waals surface area contributed by atoms with Gasteiger partial charge in [0.05, 0.1) is 5.60 Å². The molecule has 4 nitrogen and oxygen atoms in total. The number of pyridine rings is 1. The van der Waals surface area contributed by atoms with Crippen molar-refractivity contribution in [3.63, 3.8) is 0 Å². The van der Waals surface area contributed by atoms with Gasteiger partial charge in [-0.25, -0.2) is 4.98 Å². The van der Waals surface area contributed by atoms with E-state index in [0.717, 1.165) is 38.1 Å². The fraction of sp³-hybridized carbons (Fsp3) is 0.562. The Labute approximate surface area is 119 Å². The summed E-state index contributed by atoms with van der Waals surface area (Å²) in [6.45, 7) is 6.63. The zero-order valence-corrected chi connectivity index (χ0v) is 12.3. The summed E-state index contributed by atoms with van der Waals surface area (Å²) in [7, 11) is 0. The minimum Gasteiger partial charge on any atom is -0.389 e. The Hall–Kier alpha value is -1.39. The summed E-state index contributed by atoms with van der Waals surface area (Å²) in [6, 6.07) is 4.15. The first-order chi connectivity index (χ1) is 9.53. The molecule has 0 atom stereocenters. The maximum atomic E-state index is 9.91. The van der Waals surface area contributed by atoms with Crippen molar-refractivity contribution < 1.29 is 5.11 Å². The molecule has 0 saturated carbocycles. The monoisotopic (exact) mass is 273 g/mol. The van der Waals surface area contributed by atoms with Crippen LogP contribution in [0.1, 0.15) is 38.2 Å². The van der Waals surface area contributed by atoms with E-state index >= 15 is 0 Å². The van der Waals surface area contributed by atoms with E-state index in [-0.39, 0.29) is 0 Å². The average molecular weight is 273 g/mol. The van der Waals surface area contributed by atoms with Crippen LogP contribution in [0.4, 0.5) is 0 Å². The van der Waals surface area contributed by atoms with Gasteiger partial charge in [-0.2, -0.15) is 0 Å². The smallest absolute Gasteiger partial charge is 0.137 e. The molecule has 1 aliphatic heterocycles. The number of nitrogens with one attached hydrogen (secondary N) is 1. The van der Waals surface area contributed by atoms with Crippen LogP contribution in [0.5, 0.6) is 0 Å². The number of aromatic nitrogens is 2. The predicted octanol–water partition coefficient (Wildman–Crippen LogP) is 2.51. The second-order valence-electron chi connectivity index (χ2n) is 6.51. The van der Waals surface area contributed by atoms with Crippen molar-refractivity contribution >= 4 is 11.0 Å². The van der Waals surface area contributed by atoms with Crippen molar-refractivity contribution in [3.8, 4) is 0 Å². The molecule has 20 heavy (non-hydrogen) atoms. The van der Waals surface area contributed by atoms with Gasteiger partial charge in [-0.1, -0.05) is 0 Å². The molecule has 2 N–H and O–H groups in total. The first-order valence-corrected chi connectivity index (χ1v) is 7.40. The molecule has 3 rings (SSSR count). The Balaban J connectivity index is 1.69. The number of hydrogen-bond acceptors (Lipinski definition) is 3. The van der Waals surface area contributed by atoms with E-state index in [1.807, 2.05) is 26.1 Å². The van der Waals surface area contributed by atoms with Gasteiger partial charge >= 0.3 is 0 Å². The Morgan fingerprint density at radius 1 is 1.40 bits per heavy atom. The summed E-state index contributed by atoms with van der Waals surface area (Å²) < 4.78 is 0. The van der Waals surface area contributed by atoms with Crippen LogP contribution >= 0.6 is 0 Å². The van der Waals surface area contributed by atoms with Gasteiger partial charge in [0.25, 0.3) is 0 Å². The van der Waals surface area contributed by atoms with Gasteiger partial charge in [0.1, 0.15) is 5.65 Å². The van der Waals surface area contributed by atoms with Crippen molar-refractivity contribution in [1.82, 2.24) is 14.9 Å². The van der Waals surface area contributed by atoms with Gasteiger partial charge in [0, 0.05) is 24.3 Å². The van der Waals surface area contributed by atoms with Crippen LogP contribution in [0.25, 0.3) is 11.0 Å². The number of aliphatic hydroxyl groups is 1. The van der Waals surface area contributed by atoms with Crippen LogP contribution in [0.2, 0.25) is 0 Å². The van der Waals surface area contributed by atoms with E-state index in [2.05, 4.69) is 27.1 Å². The molecule has 0 radical (unpaired) electrons. The van der Waals surface area contributed by atoms with Crippen molar-refractivity contribution in [3.05, 3.63) is 30.1 Å². The number of aromatic amines is 1. The van der Waals surface area contributed by atoms with Crippen molar-refractivity contribution in [2.24, 2.45) is 0 Å². The first-order valence-electron chi connectivity index (χ1n) is 7.40. The number of piperidine rings is 1. The molecular formula is C16H23N3O. The highest BCUT2D eigenvalue weighted by atomic mass is 16.3. The number of fused-ring (bicyclic) bond motifs is 1. The average Bonchev–Trinajstić information content (AvgIpc) is 2.82. The molecule has 1 saturated heterocycles. The van der Waals surface area contributed by atoms with E-state index < -0.39 is 5.60 Å². The van der Waals surface area contributed by atoms with Crippen LogP contribution < -0.4 is 0 Å². The molecule has 3 heterocycles. The lowest BCUT2D eigenvalue weighted by atomic mass is 9.89. The number of nitrogens with zero attached hydrogens (tertiary/aromatic N) is 2. The van der Waals surface area contributed by atoms with Crippen molar-refractivity contribution in [2.45, 2.75) is 38.2 Å². The molecule has 0 spiro atoms. The van der Waals surface area contributed by atoms with Crippen LogP contribution in [0.3, 0.4) is 0 Å². The predicted molar refractivity (Wildman–Crippen MR) is 80.8 cm³/mol. The normalized spacial score (nSPS) is 18.8. The maximum Gasteiger partial charge on any atom is 0.137 e. The lowest BCUT2D eigenvalue weighted by Gasteiger charge is -2.35. The molecule has 0 amide bonds. The molecule has 0 bridgehead atoms. The van der Waals surface area contributed by atoms with Gasteiger partial charge in [0.15, 0.2) is 0 Å². The summed E-state index contributed by atoms with van der Waals surface area (Å²) in [4.78, 5) is 10.00. The maximum absolute atomic E-state index is 9.91. The van der Waals surface area contributed by atoms with E-state index in [9.17, 15) is 5.11 Å². The molecule has 0 aromatic carbocycles. The molecule has 0 unspecified atom stereocenters. The Morgan fingerprint density at radius 3 is 2.85 bits per heavy atom. The third-order valence-corrected chi connectivity index (χ3v) is 4.12. The second kappa shape index (κ2) is 5.19. The van der Waals surface area contributed by atoms with Gasteiger partial charge in [-0.3, -0.25) is 0 Å². The number of hydrogen-bond donors (Lipinski definition) is 2. The number of likely N-dealkylation sites (tertiary alicyclic amines) is 1. The van der Waals surface area contributed by atoms with Gasteiger partial charge in [-0.05, 0) is 63.4 Å². The van der Waals surface area contributed by atoms with Crippen molar-refractivity contribution in [2.75, 3.05) is 19.6 Å². The standard InChI is InChI=1S/C16H23N3O/c1-16(2,20)11-19-8-5-12(6-9-19)14-10-18-15-13(14)4-3-7-17-15/h3-4,7,10,12,20H,5-6,8-9,11H2,1-2H3,(H,17,18). The Kier molecular flexibility index (Phi) is 3.52. The minimum atomic E-state index is -0.600. The number of H-pyrrole nitrogens is 1. The van der Waals surface area contributed by atoms with Crippen molar-refractivity contribution in [1.29, 1.82) is 0 Å². The summed E-state index contributed by atoms with van der Waals surface area (Å²) in [5.74, 6) is 0.603. The highest BCUT2D eigenvalue weighted by molar-refractivity contribution is 5.80. The number of rotatable bonds is 3. The molecule has 1 aliphatic rings. The van der Waals surface area contributed by atoms with Gasteiger partial charge in [-0.15, -0.1) is 0 Å². The first kappa shape index (κ1) is 13.6. The fourth-order valence-corrected chi connectivity index (χ4v) is 3.26. The summed E-state index contributed by atoms with van der Waals surface area (Å²) >= 11 is 0. The molecule has 2 aromatic rings. The van der Waals surface area contributed by atoms with E-state index in [4.69, 9.17) is 0 Å². The molecule has 108 valence electrons. The van der Waals surface area contributed by atoms with Gasteiger partial charge < -0.3 is 15.0 Å². The Morgan fingerprint density at radius 2 is 2.15 bits per heavy atom. The third kappa shape index (κ3) is 2.86. The van der Waals surface area contributed by atoms with Crippen LogP contribution in [0.15, 0.2) is 24.5 Å². The summed E-state index contributed by atoms with van der Waals surface area (Å²) in [5.41, 5.74) is 1.79. The largest absolute Gasteiger partial charge is 0.389 e. The SMILES string of the molecule is CC(C)(O)CN1CCC(c2c[nH]c3ncccc23)CC1. The number of β-amino-alcohol motifs (C(OH)–C–C–N with tert-alkyl or cyclic N) is 1. The van der Waals surface area contributed by atoms with E-state index in [0.29, 0.717) is 5.92 Å². The minimum absolute atomic E-state index is 0.600.